The highest BCUT2D eigenvalue weighted by Gasteiger charge is 2.22. The number of piperazine rings is 1. The Hall–Kier alpha value is -3.29. The van der Waals surface area contributed by atoms with Gasteiger partial charge in [0, 0.05) is 64.0 Å². The number of nitrogens with zero attached hydrogens (tertiary/aromatic N) is 4. The van der Waals surface area contributed by atoms with E-state index in [2.05, 4.69) is 33.1 Å². The zero-order valence-electron chi connectivity index (χ0n) is 18.7. The summed E-state index contributed by atoms with van der Waals surface area (Å²) in [5.74, 6) is 1.13. The smallest absolute Gasteiger partial charge is 0.251 e. The van der Waals surface area contributed by atoms with Crippen LogP contribution in [0.25, 0.3) is 0 Å². The van der Waals surface area contributed by atoms with Gasteiger partial charge in [-0.15, -0.1) is 0 Å². The molecule has 4 rings (SSSR count). The van der Waals surface area contributed by atoms with Crippen LogP contribution in [-0.4, -0.2) is 67.5 Å². The van der Waals surface area contributed by atoms with E-state index in [9.17, 15) is 9.59 Å². The number of anilines is 3. The SMILES string of the molecule is Cc1cccnc1N1CCN(c2ccc(C(=O)NCCCN3CCCC3=O)cc2N)CC1. The van der Waals surface area contributed by atoms with Crippen molar-refractivity contribution in [1.82, 2.24) is 15.2 Å². The Bertz CT molecular complexity index is 971. The number of nitrogens with two attached hydrogens (primary N) is 1. The van der Waals surface area contributed by atoms with Crippen LogP contribution in [0.3, 0.4) is 0 Å². The Kier molecular flexibility index (Phi) is 6.78. The van der Waals surface area contributed by atoms with Crippen molar-refractivity contribution in [2.24, 2.45) is 0 Å². The quantitative estimate of drug-likeness (QED) is 0.510. The van der Waals surface area contributed by atoms with Crippen LogP contribution < -0.4 is 20.9 Å². The number of hydrogen-bond acceptors (Lipinski definition) is 6. The maximum Gasteiger partial charge on any atom is 0.251 e. The van der Waals surface area contributed by atoms with Crippen molar-refractivity contribution in [3.8, 4) is 0 Å². The van der Waals surface area contributed by atoms with Crippen LogP contribution >= 0.6 is 0 Å². The van der Waals surface area contributed by atoms with Gasteiger partial charge in [-0.3, -0.25) is 9.59 Å². The van der Waals surface area contributed by atoms with Crippen LogP contribution in [0, 0.1) is 6.92 Å². The molecule has 8 nitrogen and oxygen atoms in total. The first kappa shape index (κ1) is 21.9. The molecule has 2 aromatic rings. The molecule has 2 amide bonds. The molecule has 0 saturated carbocycles. The van der Waals surface area contributed by atoms with Crippen molar-refractivity contribution in [2.45, 2.75) is 26.2 Å². The Morgan fingerprint density at radius 1 is 1.12 bits per heavy atom. The van der Waals surface area contributed by atoms with E-state index < -0.39 is 0 Å². The van der Waals surface area contributed by atoms with Gasteiger partial charge in [0.1, 0.15) is 5.82 Å². The third-order valence-corrected chi connectivity index (χ3v) is 6.25. The van der Waals surface area contributed by atoms with Gasteiger partial charge in [-0.25, -0.2) is 4.98 Å². The molecular formula is C24H32N6O2. The first-order valence-corrected chi connectivity index (χ1v) is 11.4. The summed E-state index contributed by atoms with van der Waals surface area (Å²) >= 11 is 0. The highest BCUT2D eigenvalue weighted by atomic mass is 16.2. The van der Waals surface area contributed by atoms with Crippen LogP contribution in [0.4, 0.5) is 17.2 Å². The van der Waals surface area contributed by atoms with Crippen molar-refractivity contribution >= 4 is 29.0 Å². The topological polar surface area (TPSA) is 94.8 Å². The molecule has 0 unspecified atom stereocenters. The minimum atomic E-state index is -0.133. The van der Waals surface area contributed by atoms with Crippen molar-refractivity contribution in [3.05, 3.63) is 47.7 Å². The second-order valence-corrected chi connectivity index (χ2v) is 8.49. The van der Waals surface area contributed by atoms with Crippen LogP contribution in [0.15, 0.2) is 36.5 Å². The average molecular weight is 437 g/mol. The third kappa shape index (κ3) is 4.95. The number of carbonyl (C=O) groups is 2. The number of aromatic nitrogens is 1. The average Bonchev–Trinajstić information content (AvgIpc) is 3.21. The number of nitrogens with one attached hydrogen (secondary N) is 1. The Labute approximate surface area is 189 Å². The van der Waals surface area contributed by atoms with E-state index in [0.717, 1.165) is 57.1 Å². The molecule has 1 aromatic heterocycles. The molecule has 0 bridgehead atoms. The van der Waals surface area contributed by atoms with E-state index in [1.165, 1.54) is 5.56 Å². The standard InChI is InChI=1S/C24H32N6O2/c1-18-5-2-9-26-23(18)30-15-13-28(14-16-30)21-8-7-19(17-20(21)25)24(32)27-10-4-12-29-11-3-6-22(29)31/h2,5,7-9,17H,3-4,6,10-16,25H2,1H3,(H,27,32). The summed E-state index contributed by atoms with van der Waals surface area (Å²) in [5.41, 5.74) is 9.64. The van der Waals surface area contributed by atoms with Gasteiger partial charge < -0.3 is 25.8 Å². The van der Waals surface area contributed by atoms with Crippen LogP contribution in [-0.2, 0) is 4.79 Å². The summed E-state index contributed by atoms with van der Waals surface area (Å²) in [4.78, 5) is 35.1. The minimum Gasteiger partial charge on any atom is -0.397 e. The van der Waals surface area contributed by atoms with Crippen LogP contribution in [0.1, 0.15) is 35.2 Å². The number of likely N-dealkylation sites (tertiary alicyclic amines) is 1. The summed E-state index contributed by atoms with van der Waals surface area (Å²) in [6, 6.07) is 9.57. The van der Waals surface area contributed by atoms with Gasteiger partial charge in [0.15, 0.2) is 0 Å². The molecule has 3 N–H and O–H groups in total. The zero-order valence-corrected chi connectivity index (χ0v) is 18.7. The van der Waals surface area contributed by atoms with E-state index in [-0.39, 0.29) is 11.8 Å². The van der Waals surface area contributed by atoms with Crippen molar-refractivity contribution in [1.29, 1.82) is 0 Å². The molecule has 2 aliphatic rings. The van der Waals surface area contributed by atoms with Gasteiger partial charge in [-0.05, 0) is 49.6 Å². The van der Waals surface area contributed by atoms with Crippen molar-refractivity contribution in [2.75, 3.05) is 61.3 Å². The highest BCUT2D eigenvalue weighted by molar-refractivity contribution is 5.96. The van der Waals surface area contributed by atoms with Gasteiger partial charge in [0.2, 0.25) is 5.91 Å². The Morgan fingerprint density at radius 3 is 2.59 bits per heavy atom. The first-order valence-electron chi connectivity index (χ1n) is 11.4. The fourth-order valence-electron chi connectivity index (χ4n) is 4.47. The van der Waals surface area contributed by atoms with E-state index in [1.54, 1.807) is 6.07 Å². The number of nitrogen functional groups attached to an aromatic ring is 1. The molecule has 1 aromatic carbocycles. The lowest BCUT2D eigenvalue weighted by atomic mass is 10.1. The fraction of sp³-hybridized carbons (Fsp3) is 0.458. The normalized spacial score (nSPS) is 16.5. The molecule has 2 fully saturated rings. The van der Waals surface area contributed by atoms with Gasteiger partial charge >= 0.3 is 0 Å². The summed E-state index contributed by atoms with van der Waals surface area (Å²) in [5, 5.41) is 2.93. The molecule has 3 heterocycles. The number of pyridine rings is 1. The van der Waals surface area contributed by atoms with Gasteiger partial charge in [0.25, 0.3) is 5.91 Å². The molecule has 32 heavy (non-hydrogen) atoms. The molecule has 170 valence electrons. The summed E-state index contributed by atoms with van der Waals surface area (Å²) in [6.45, 7) is 7.60. The lowest BCUT2D eigenvalue weighted by Crippen LogP contribution is -2.47. The Balaban J connectivity index is 1.28. The van der Waals surface area contributed by atoms with Gasteiger partial charge in [0.05, 0.1) is 11.4 Å². The predicted molar refractivity (Wildman–Crippen MR) is 127 cm³/mol. The van der Waals surface area contributed by atoms with Crippen molar-refractivity contribution < 1.29 is 9.59 Å². The molecule has 0 aliphatic carbocycles. The zero-order chi connectivity index (χ0) is 22.5. The molecule has 8 heteroatoms. The molecular weight excluding hydrogens is 404 g/mol. The lowest BCUT2D eigenvalue weighted by molar-refractivity contribution is -0.127. The lowest BCUT2D eigenvalue weighted by Gasteiger charge is -2.37. The maximum atomic E-state index is 12.5. The van der Waals surface area contributed by atoms with Crippen LogP contribution in [0.2, 0.25) is 0 Å². The van der Waals surface area contributed by atoms with Crippen LogP contribution in [0.5, 0.6) is 0 Å². The van der Waals surface area contributed by atoms with Gasteiger partial charge in [-0.1, -0.05) is 6.07 Å². The van der Waals surface area contributed by atoms with E-state index in [4.69, 9.17) is 5.73 Å². The molecule has 0 radical (unpaired) electrons. The second kappa shape index (κ2) is 9.89. The number of hydrogen-bond donors (Lipinski definition) is 2. The number of carbonyl (C=O) groups excluding carboxylic acids is 2. The summed E-state index contributed by atoms with van der Waals surface area (Å²) in [6.07, 6.45) is 4.18. The number of amides is 2. The Morgan fingerprint density at radius 2 is 1.91 bits per heavy atom. The minimum absolute atomic E-state index is 0.133. The third-order valence-electron chi connectivity index (χ3n) is 6.25. The number of benzene rings is 1. The van der Waals surface area contributed by atoms with Gasteiger partial charge in [-0.2, -0.15) is 0 Å². The van der Waals surface area contributed by atoms with E-state index in [0.29, 0.717) is 30.8 Å². The highest BCUT2D eigenvalue weighted by Crippen LogP contribution is 2.27. The largest absolute Gasteiger partial charge is 0.397 e. The second-order valence-electron chi connectivity index (χ2n) is 8.49. The van der Waals surface area contributed by atoms with E-state index >= 15 is 0 Å². The molecule has 0 atom stereocenters. The molecule has 2 saturated heterocycles. The van der Waals surface area contributed by atoms with Crippen molar-refractivity contribution in [3.63, 3.8) is 0 Å². The maximum absolute atomic E-state index is 12.5. The fourth-order valence-corrected chi connectivity index (χ4v) is 4.47. The first-order chi connectivity index (χ1) is 15.5. The summed E-state index contributed by atoms with van der Waals surface area (Å²) < 4.78 is 0. The molecule has 0 spiro atoms. The van der Waals surface area contributed by atoms with E-state index in [1.807, 2.05) is 29.3 Å². The monoisotopic (exact) mass is 436 g/mol. The molecule has 2 aliphatic heterocycles. The number of aryl methyl sites for hydroxylation is 1. The number of rotatable bonds is 7. The summed E-state index contributed by atoms with van der Waals surface area (Å²) in [7, 11) is 0. The predicted octanol–water partition coefficient (Wildman–Crippen LogP) is 2.04.